The van der Waals surface area contributed by atoms with Gasteiger partial charge >= 0.3 is 0 Å². The first-order valence-corrected chi connectivity index (χ1v) is 12.0. The van der Waals surface area contributed by atoms with Gasteiger partial charge in [0, 0.05) is 17.2 Å². The zero-order valence-corrected chi connectivity index (χ0v) is 19.7. The van der Waals surface area contributed by atoms with Gasteiger partial charge in [0.15, 0.2) is 0 Å². The first-order chi connectivity index (χ1) is 16.5. The minimum Gasteiger partial charge on any atom is -0.256 e. The quantitative estimate of drug-likeness (QED) is 0.235. The molecule has 7 rings (SSSR count). The van der Waals surface area contributed by atoms with Crippen LogP contribution in [0.3, 0.4) is 0 Å². The zero-order valence-electron chi connectivity index (χ0n) is 19.7. The average molecular weight is 436 g/mol. The van der Waals surface area contributed by atoms with Gasteiger partial charge in [0.2, 0.25) is 0 Å². The van der Waals surface area contributed by atoms with Crippen molar-refractivity contribution in [2.75, 3.05) is 0 Å². The lowest BCUT2D eigenvalue weighted by atomic mass is 9.78. The van der Waals surface area contributed by atoms with Crippen molar-refractivity contribution >= 4 is 32.3 Å². The van der Waals surface area contributed by atoms with Crippen LogP contribution < -0.4 is 0 Å². The smallest absolute Gasteiger partial charge is 0.0702 e. The zero-order chi connectivity index (χ0) is 23.0. The molecule has 1 aromatic heterocycles. The monoisotopic (exact) mass is 435 g/mol. The molecule has 0 radical (unpaired) electrons. The molecule has 6 aromatic rings. The van der Waals surface area contributed by atoms with Crippen molar-refractivity contribution in [1.82, 2.24) is 4.98 Å². The number of hydrogen-bond donors (Lipinski definition) is 0. The molecule has 0 amide bonds. The van der Waals surface area contributed by atoms with Gasteiger partial charge < -0.3 is 0 Å². The van der Waals surface area contributed by atoms with Crippen LogP contribution >= 0.6 is 0 Å². The fourth-order valence-electron chi connectivity index (χ4n) is 6.10. The van der Waals surface area contributed by atoms with Crippen LogP contribution in [0.4, 0.5) is 0 Å². The molecule has 0 N–H and O–H groups in total. The van der Waals surface area contributed by atoms with E-state index in [4.69, 9.17) is 4.98 Å². The highest BCUT2D eigenvalue weighted by molar-refractivity contribution is 6.27. The fourth-order valence-corrected chi connectivity index (χ4v) is 6.10. The predicted molar refractivity (Wildman–Crippen MR) is 144 cm³/mol. The van der Waals surface area contributed by atoms with Gasteiger partial charge in [-0.15, -0.1) is 0 Å². The second-order valence-corrected chi connectivity index (χ2v) is 10.1. The number of benzene rings is 5. The highest BCUT2D eigenvalue weighted by atomic mass is 14.7. The highest BCUT2D eigenvalue weighted by Crippen LogP contribution is 2.54. The Labute approximate surface area is 199 Å². The van der Waals surface area contributed by atoms with Crippen molar-refractivity contribution in [2.24, 2.45) is 0 Å². The molecule has 0 fully saturated rings. The molecule has 0 saturated heterocycles. The van der Waals surface area contributed by atoms with Crippen molar-refractivity contribution in [3.05, 3.63) is 114 Å². The maximum atomic E-state index is 4.70. The minimum atomic E-state index is -0.115. The molecular weight excluding hydrogens is 410 g/mol. The highest BCUT2D eigenvalue weighted by Gasteiger charge is 2.37. The lowest BCUT2D eigenvalue weighted by molar-refractivity contribution is 0.667. The van der Waals surface area contributed by atoms with Crippen LogP contribution in [-0.4, -0.2) is 4.98 Å². The largest absolute Gasteiger partial charge is 0.256 e. The third-order valence-electron chi connectivity index (χ3n) is 7.72. The lowest BCUT2D eigenvalue weighted by Crippen LogP contribution is -2.16. The summed E-state index contributed by atoms with van der Waals surface area (Å²) in [4.78, 5) is 4.70. The Morgan fingerprint density at radius 3 is 1.91 bits per heavy atom. The van der Waals surface area contributed by atoms with Crippen molar-refractivity contribution in [3.8, 4) is 22.4 Å². The minimum absolute atomic E-state index is 0.115. The Morgan fingerprint density at radius 2 is 1.24 bits per heavy atom. The summed E-state index contributed by atoms with van der Waals surface area (Å²) in [6.45, 7) is 6.85. The van der Waals surface area contributed by atoms with Gasteiger partial charge in [-0.25, -0.2) is 0 Å². The summed E-state index contributed by atoms with van der Waals surface area (Å²) in [6, 6.07) is 33.6. The van der Waals surface area contributed by atoms with E-state index in [0.717, 1.165) is 5.69 Å². The van der Waals surface area contributed by atoms with E-state index in [-0.39, 0.29) is 5.41 Å². The van der Waals surface area contributed by atoms with Crippen LogP contribution in [0, 0.1) is 6.92 Å². The Kier molecular flexibility index (Phi) is 3.88. The Hall–Kier alpha value is -3.97. The average Bonchev–Trinajstić information content (AvgIpc) is 3.11. The maximum Gasteiger partial charge on any atom is 0.0702 e. The molecule has 34 heavy (non-hydrogen) atoms. The van der Waals surface area contributed by atoms with Crippen LogP contribution in [0.2, 0.25) is 0 Å². The fraction of sp³-hybridized carbons (Fsp3) is 0.121. The summed E-state index contributed by atoms with van der Waals surface area (Å²) in [7, 11) is 0. The predicted octanol–water partition coefficient (Wildman–Crippen LogP) is 8.82. The standard InChI is InChI=1S/C33H25N/c1-20-12-17-30(34-19-20)21-13-14-25-28-16-15-27-24-10-5-4-8-22(24)23-9-6-7-11-26(23)31(27)32(28)33(2,3)29(25)18-21/h4-19H,1-3H3. The van der Waals surface area contributed by atoms with Crippen LogP contribution in [0.5, 0.6) is 0 Å². The number of aromatic nitrogens is 1. The molecule has 0 spiro atoms. The molecule has 5 aromatic carbocycles. The molecule has 1 heteroatoms. The van der Waals surface area contributed by atoms with Gasteiger partial charge in [0.05, 0.1) is 5.69 Å². The molecule has 1 nitrogen and oxygen atoms in total. The van der Waals surface area contributed by atoms with Crippen LogP contribution in [0.1, 0.15) is 30.5 Å². The van der Waals surface area contributed by atoms with Gasteiger partial charge in [-0.05, 0) is 79.2 Å². The molecule has 0 aliphatic heterocycles. The van der Waals surface area contributed by atoms with Gasteiger partial charge in [0.1, 0.15) is 0 Å². The molecule has 1 heterocycles. The maximum absolute atomic E-state index is 4.70. The first-order valence-electron chi connectivity index (χ1n) is 12.0. The first kappa shape index (κ1) is 19.5. The SMILES string of the molecule is Cc1ccc(-c2ccc3c(c2)C(C)(C)c2c-3ccc3c4ccccc4c4ccccc4c23)nc1. The van der Waals surface area contributed by atoms with E-state index >= 15 is 0 Å². The number of rotatable bonds is 1. The van der Waals surface area contributed by atoms with Crippen molar-refractivity contribution in [2.45, 2.75) is 26.2 Å². The summed E-state index contributed by atoms with van der Waals surface area (Å²) in [6.07, 6.45) is 1.95. The summed E-state index contributed by atoms with van der Waals surface area (Å²) < 4.78 is 0. The summed E-state index contributed by atoms with van der Waals surface area (Å²) in [5.41, 5.74) is 8.80. The van der Waals surface area contributed by atoms with Crippen molar-refractivity contribution in [1.29, 1.82) is 0 Å². The molecule has 1 aliphatic rings. The molecule has 0 saturated carbocycles. The van der Waals surface area contributed by atoms with E-state index < -0.39 is 0 Å². The van der Waals surface area contributed by atoms with Crippen LogP contribution in [-0.2, 0) is 5.41 Å². The summed E-state index contributed by atoms with van der Waals surface area (Å²) in [5.74, 6) is 0. The molecule has 0 unspecified atom stereocenters. The van der Waals surface area contributed by atoms with E-state index in [9.17, 15) is 0 Å². The van der Waals surface area contributed by atoms with E-state index in [1.807, 2.05) is 6.20 Å². The second-order valence-electron chi connectivity index (χ2n) is 10.1. The molecule has 1 aliphatic carbocycles. The summed E-state index contributed by atoms with van der Waals surface area (Å²) >= 11 is 0. The van der Waals surface area contributed by atoms with E-state index in [2.05, 4.69) is 112 Å². The van der Waals surface area contributed by atoms with Gasteiger partial charge in [-0.1, -0.05) is 92.7 Å². The molecule has 0 atom stereocenters. The van der Waals surface area contributed by atoms with Crippen molar-refractivity contribution in [3.63, 3.8) is 0 Å². The molecular formula is C33H25N. The second kappa shape index (κ2) is 6.77. The van der Waals surface area contributed by atoms with E-state index in [1.54, 1.807) is 0 Å². The Balaban J connectivity index is 1.57. The lowest BCUT2D eigenvalue weighted by Gasteiger charge is -2.25. The van der Waals surface area contributed by atoms with Gasteiger partial charge in [-0.2, -0.15) is 0 Å². The Morgan fingerprint density at radius 1 is 0.618 bits per heavy atom. The van der Waals surface area contributed by atoms with Crippen LogP contribution in [0.15, 0.2) is 97.2 Å². The third-order valence-corrected chi connectivity index (χ3v) is 7.72. The number of pyridine rings is 1. The molecule has 162 valence electrons. The van der Waals surface area contributed by atoms with E-state index in [0.29, 0.717) is 0 Å². The molecule has 0 bridgehead atoms. The van der Waals surface area contributed by atoms with Crippen LogP contribution in [0.25, 0.3) is 54.7 Å². The van der Waals surface area contributed by atoms with Gasteiger partial charge in [0.25, 0.3) is 0 Å². The third kappa shape index (κ3) is 2.53. The van der Waals surface area contributed by atoms with Crippen molar-refractivity contribution < 1.29 is 0 Å². The normalized spacial score (nSPS) is 14.0. The number of hydrogen-bond acceptors (Lipinski definition) is 1. The Bertz CT molecular complexity index is 1740. The van der Waals surface area contributed by atoms with Gasteiger partial charge in [-0.3, -0.25) is 4.98 Å². The van der Waals surface area contributed by atoms with E-state index in [1.165, 1.54) is 65.7 Å². The summed E-state index contributed by atoms with van der Waals surface area (Å²) in [5, 5.41) is 8.06. The number of fused-ring (bicyclic) bond motifs is 10. The number of aryl methyl sites for hydroxylation is 1. The topological polar surface area (TPSA) is 12.9 Å². The number of nitrogens with zero attached hydrogens (tertiary/aromatic N) is 1.